The normalized spacial score (nSPS) is 11.0. The van der Waals surface area contributed by atoms with Gasteiger partial charge < -0.3 is 0 Å². The van der Waals surface area contributed by atoms with Gasteiger partial charge in [-0.3, -0.25) is 20.9 Å². The van der Waals surface area contributed by atoms with E-state index in [0.717, 1.165) is 11.1 Å². The van der Waals surface area contributed by atoms with Crippen LogP contribution in [0.25, 0.3) is 4.95 Å². The predicted octanol–water partition coefficient (Wildman–Crippen LogP) is 3.11. The molecule has 0 amide bonds. The lowest BCUT2D eigenvalue weighted by Gasteiger charge is -2.24. The van der Waals surface area contributed by atoms with E-state index in [1.165, 1.54) is 0 Å². The highest BCUT2D eigenvalue weighted by Crippen LogP contribution is 2.06. The van der Waals surface area contributed by atoms with Crippen molar-refractivity contribution in [2.75, 3.05) is 14.1 Å². The van der Waals surface area contributed by atoms with Gasteiger partial charge in [0.1, 0.15) is 15.1 Å². The first-order valence-corrected chi connectivity index (χ1v) is 9.86. The molecule has 2 aromatic rings. The third-order valence-corrected chi connectivity index (χ3v) is 4.38. The van der Waals surface area contributed by atoms with Gasteiger partial charge in [0.2, 0.25) is 12.0 Å². The van der Waals surface area contributed by atoms with Crippen LogP contribution in [0.15, 0.2) is 70.8 Å². The van der Waals surface area contributed by atoms with Crippen LogP contribution in [0, 0.1) is 18.0 Å². The zero-order chi connectivity index (χ0) is 22.6. The van der Waals surface area contributed by atoms with Crippen LogP contribution in [0.3, 0.4) is 0 Å². The van der Waals surface area contributed by atoms with Gasteiger partial charge in [-0.05, 0) is 0 Å². The van der Waals surface area contributed by atoms with E-state index in [0.29, 0.717) is 21.6 Å². The maximum atomic E-state index is 9.02. The highest BCUT2D eigenvalue weighted by atomic mass is 32.1. The van der Waals surface area contributed by atoms with E-state index < -0.39 is 0 Å². The zero-order valence-corrected chi connectivity index (χ0v) is 18.6. The fourth-order valence-electron chi connectivity index (χ4n) is 2.63. The van der Waals surface area contributed by atoms with Crippen molar-refractivity contribution in [2.24, 2.45) is 10.1 Å². The van der Waals surface area contributed by atoms with Crippen molar-refractivity contribution in [3.63, 3.8) is 0 Å². The molecule has 2 N–H and O–H groups in total. The molecule has 2 rings (SSSR count). The average molecular weight is 449 g/mol. The quantitative estimate of drug-likeness (QED) is 0.186. The molecule has 0 aromatic heterocycles. The number of nitrogens with zero attached hydrogens (tertiary/aromatic N) is 6. The Kier molecular flexibility index (Phi) is 9.05. The molecule has 31 heavy (non-hydrogen) atoms. The summed E-state index contributed by atoms with van der Waals surface area (Å²) in [6.07, 6.45) is 2.05. The number of hydrogen-bond donors (Lipinski definition) is 2. The second kappa shape index (κ2) is 12.0. The first-order chi connectivity index (χ1) is 15.0. The Morgan fingerprint density at radius 3 is 1.84 bits per heavy atom. The first kappa shape index (κ1) is 23.4. The van der Waals surface area contributed by atoms with Gasteiger partial charge >= 0.3 is 0 Å². The molecular formula is C21H20N8S2. The number of hydrazine groups is 2. The van der Waals surface area contributed by atoms with E-state index in [1.807, 2.05) is 66.9 Å². The maximum Gasteiger partial charge on any atom is 0.237 e. The van der Waals surface area contributed by atoms with E-state index in [-0.39, 0.29) is 6.42 Å². The van der Waals surface area contributed by atoms with E-state index in [1.54, 1.807) is 24.1 Å². The summed E-state index contributed by atoms with van der Waals surface area (Å²) >= 11 is 10.8. The molecule has 0 saturated carbocycles. The van der Waals surface area contributed by atoms with Gasteiger partial charge in [0.05, 0.1) is 6.42 Å². The van der Waals surface area contributed by atoms with Crippen molar-refractivity contribution in [3.8, 4) is 6.19 Å². The van der Waals surface area contributed by atoms with E-state index in [9.17, 15) is 0 Å². The summed E-state index contributed by atoms with van der Waals surface area (Å²) in [4.78, 5) is 7.87. The molecule has 0 aliphatic carbocycles. The summed E-state index contributed by atoms with van der Waals surface area (Å²) in [5, 5.41) is 16.0. The van der Waals surface area contributed by atoms with Crippen molar-refractivity contribution in [2.45, 2.75) is 6.42 Å². The summed E-state index contributed by atoms with van der Waals surface area (Å²) in [7, 11) is 3.44. The van der Waals surface area contributed by atoms with Gasteiger partial charge in [0.15, 0.2) is 5.84 Å². The molecule has 10 heteroatoms. The van der Waals surface area contributed by atoms with Gasteiger partial charge in [-0.25, -0.2) is 0 Å². The van der Waals surface area contributed by atoms with Crippen LogP contribution < -0.4 is 10.9 Å². The second-order valence-electron chi connectivity index (χ2n) is 6.16. The Balaban J connectivity index is 1.99. The van der Waals surface area contributed by atoms with E-state index in [2.05, 4.69) is 25.9 Å². The minimum atomic E-state index is 0.244. The smallest absolute Gasteiger partial charge is 0.237 e. The fourth-order valence-corrected chi connectivity index (χ4v) is 3.28. The number of aliphatic imine (C=N–C) groups is 1. The highest BCUT2D eigenvalue weighted by Gasteiger charge is 2.16. The van der Waals surface area contributed by atoms with Crippen molar-refractivity contribution in [3.05, 3.63) is 83.3 Å². The molecule has 0 saturated heterocycles. The monoisotopic (exact) mass is 448 g/mol. The molecule has 156 valence electrons. The van der Waals surface area contributed by atoms with E-state index in [4.69, 9.17) is 36.3 Å². The molecule has 8 nitrogen and oxygen atoms in total. The average Bonchev–Trinajstić information content (AvgIpc) is 2.76. The lowest BCUT2D eigenvalue weighted by molar-refractivity contribution is 0.451. The standard InChI is InChI=1S/C21H20N8S2/c1-23-25-21(17-12-8-5-9-13-17)29(3)27-19(31)14-18(30)26-28(2)20(24-15-22)16-10-6-4-7-11-16/h4-13H,14H2,2-3H3,(H,26,30)(H,27,31)/b24-20+,25-21+. The van der Waals surface area contributed by atoms with Crippen LogP contribution in [0.4, 0.5) is 0 Å². The van der Waals surface area contributed by atoms with Crippen LogP contribution in [0.5, 0.6) is 0 Å². The Bertz CT molecular complexity index is 967. The Morgan fingerprint density at radius 1 is 0.935 bits per heavy atom. The molecule has 0 aliphatic rings. The predicted molar refractivity (Wildman–Crippen MR) is 130 cm³/mol. The number of amidine groups is 2. The van der Waals surface area contributed by atoms with Crippen LogP contribution in [0.1, 0.15) is 17.5 Å². The summed E-state index contributed by atoms with van der Waals surface area (Å²) in [6, 6.07) is 18.6. The van der Waals surface area contributed by atoms with Crippen molar-refractivity contribution < 1.29 is 0 Å². The van der Waals surface area contributed by atoms with Crippen LogP contribution in [-0.4, -0.2) is 45.8 Å². The molecule has 0 radical (unpaired) electrons. The summed E-state index contributed by atoms with van der Waals surface area (Å²) in [6.45, 7) is 7.07. The number of thiocarbonyl (C=S) groups is 2. The second-order valence-corrected chi connectivity index (χ2v) is 7.14. The molecule has 0 unspecified atom stereocenters. The van der Waals surface area contributed by atoms with Crippen molar-refractivity contribution in [1.29, 1.82) is 5.26 Å². The largest absolute Gasteiger partial charge is 0.290 e. The number of nitriles is 1. The Labute approximate surface area is 192 Å². The van der Waals surface area contributed by atoms with Crippen molar-refractivity contribution in [1.82, 2.24) is 20.9 Å². The minimum absolute atomic E-state index is 0.244. The van der Waals surface area contributed by atoms with Gasteiger partial charge in [0.25, 0.3) is 0 Å². The van der Waals surface area contributed by atoms with Gasteiger partial charge in [0, 0.05) is 25.2 Å². The van der Waals surface area contributed by atoms with E-state index >= 15 is 0 Å². The SMILES string of the molecule is [C-]#[N+]/N=C(\c1ccccc1)N(C)NC(=S)CC(=S)NN(C)/C(=N/C#N)c1ccccc1. The summed E-state index contributed by atoms with van der Waals surface area (Å²) < 4.78 is 0. The molecule has 0 heterocycles. The van der Waals surface area contributed by atoms with Crippen molar-refractivity contribution >= 4 is 46.1 Å². The Hall–Kier alpha value is -3.86. The number of benzene rings is 2. The highest BCUT2D eigenvalue weighted by molar-refractivity contribution is 7.82. The number of nitrogens with one attached hydrogen (secondary N) is 2. The minimum Gasteiger partial charge on any atom is -0.290 e. The molecule has 0 bridgehead atoms. The molecule has 0 spiro atoms. The number of hydrogen-bond acceptors (Lipinski definition) is 5. The van der Waals surface area contributed by atoms with Gasteiger partial charge in [-0.15, -0.1) is 4.95 Å². The Morgan fingerprint density at radius 2 is 1.39 bits per heavy atom. The lowest BCUT2D eigenvalue weighted by Crippen LogP contribution is -2.47. The number of rotatable bonds is 4. The molecular weight excluding hydrogens is 428 g/mol. The topological polar surface area (TPSA) is 83.4 Å². The molecule has 2 aromatic carbocycles. The maximum absolute atomic E-state index is 9.02. The van der Waals surface area contributed by atoms with Gasteiger partial charge in [-0.2, -0.15) is 16.8 Å². The van der Waals surface area contributed by atoms with Crippen LogP contribution >= 0.6 is 24.4 Å². The van der Waals surface area contributed by atoms with Crippen LogP contribution in [0.2, 0.25) is 0 Å². The van der Waals surface area contributed by atoms with Gasteiger partial charge in [-0.1, -0.05) is 85.1 Å². The third-order valence-electron chi connectivity index (χ3n) is 3.91. The lowest BCUT2D eigenvalue weighted by atomic mass is 10.2. The summed E-state index contributed by atoms with van der Waals surface area (Å²) in [5.41, 5.74) is 7.57. The first-order valence-electron chi connectivity index (χ1n) is 9.04. The summed E-state index contributed by atoms with van der Waals surface area (Å²) in [5.74, 6) is 0.860. The molecule has 0 fully saturated rings. The fraction of sp³-hybridized carbons (Fsp3) is 0.143. The molecule has 0 atom stereocenters. The van der Waals surface area contributed by atoms with Crippen LogP contribution in [-0.2, 0) is 0 Å². The molecule has 0 aliphatic heterocycles. The zero-order valence-electron chi connectivity index (χ0n) is 17.0. The third kappa shape index (κ3) is 7.16.